The van der Waals surface area contributed by atoms with Crippen molar-refractivity contribution in [1.29, 1.82) is 0 Å². The second kappa shape index (κ2) is 10.0. The van der Waals surface area contributed by atoms with Crippen LogP contribution in [0.1, 0.15) is 79.2 Å². The summed E-state index contributed by atoms with van der Waals surface area (Å²) in [6.07, 6.45) is 5.73. The highest BCUT2D eigenvalue weighted by Gasteiger charge is 2.21. The van der Waals surface area contributed by atoms with Gasteiger partial charge in [0.25, 0.3) is 0 Å². The number of aryl methyl sites for hydroxylation is 1. The van der Waals surface area contributed by atoms with Crippen molar-refractivity contribution in [2.24, 2.45) is 5.92 Å². The number of carbonyl (C=O) groups is 2. The number of ether oxygens (including phenoxy) is 1. The first-order valence-electron chi connectivity index (χ1n) is 8.49. The number of carboxylic acid groups (broad SMARTS) is 1. The Balaban J connectivity index is 2.79. The summed E-state index contributed by atoms with van der Waals surface area (Å²) in [5, 5.41) is 9.49. The maximum atomic E-state index is 12.0. The normalized spacial score (nSPS) is 10.8. The van der Waals surface area contributed by atoms with Crippen molar-refractivity contribution < 1.29 is 19.4 Å². The number of hydrogen-bond acceptors (Lipinski definition) is 3. The van der Waals surface area contributed by atoms with Gasteiger partial charge in [0, 0.05) is 0 Å². The van der Waals surface area contributed by atoms with Gasteiger partial charge < -0.3 is 9.84 Å². The lowest BCUT2D eigenvalue weighted by atomic mass is 9.96. The van der Waals surface area contributed by atoms with Crippen LogP contribution in [0.2, 0.25) is 0 Å². The summed E-state index contributed by atoms with van der Waals surface area (Å²) in [4.78, 5) is 23.6. The van der Waals surface area contributed by atoms with E-state index >= 15 is 0 Å². The minimum atomic E-state index is -1.06. The highest BCUT2D eigenvalue weighted by atomic mass is 16.5. The van der Waals surface area contributed by atoms with E-state index in [2.05, 4.69) is 13.8 Å². The van der Waals surface area contributed by atoms with Gasteiger partial charge in [0.15, 0.2) is 0 Å². The molecule has 0 saturated heterocycles. The van der Waals surface area contributed by atoms with Crippen molar-refractivity contribution in [3.63, 3.8) is 0 Å². The summed E-state index contributed by atoms with van der Waals surface area (Å²) in [6, 6.07) is 5.06. The quantitative estimate of drug-likeness (QED) is 0.501. The van der Waals surface area contributed by atoms with Crippen LogP contribution < -0.4 is 0 Å². The molecule has 0 aromatic heterocycles. The smallest absolute Gasteiger partial charge is 0.339 e. The summed E-state index contributed by atoms with van der Waals surface area (Å²) in [5.74, 6) is -0.918. The molecule has 0 bridgehead atoms. The topological polar surface area (TPSA) is 63.6 Å². The summed E-state index contributed by atoms with van der Waals surface area (Å²) in [7, 11) is 0. The standard InChI is InChI=1S/C19H28O4/c1-4-13-23-19(22)16-12-8-11-15(17(16)18(20)21)10-7-5-6-9-14(2)3/h8,11-12,14H,4-7,9-10,13H2,1-3H3,(H,20,21). The van der Waals surface area contributed by atoms with Crippen molar-refractivity contribution in [3.05, 3.63) is 34.9 Å². The Bertz CT molecular complexity index is 520. The number of benzene rings is 1. The zero-order valence-corrected chi connectivity index (χ0v) is 14.4. The fourth-order valence-electron chi connectivity index (χ4n) is 2.55. The highest BCUT2D eigenvalue weighted by Crippen LogP contribution is 2.20. The van der Waals surface area contributed by atoms with Gasteiger partial charge >= 0.3 is 11.9 Å². The van der Waals surface area contributed by atoms with Gasteiger partial charge in [-0.25, -0.2) is 9.59 Å². The van der Waals surface area contributed by atoms with E-state index in [1.54, 1.807) is 12.1 Å². The molecule has 0 atom stereocenters. The minimum Gasteiger partial charge on any atom is -0.478 e. The van der Waals surface area contributed by atoms with E-state index in [1.165, 1.54) is 12.5 Å². The Kier molecular flexibility index (Phi) is 8.38. The number of hydrogen-bond donors (Lipinski definition) is 1. The SMILES string of the molecule is CCCOC(=O)c1cccc(CCCCCC(C)C)c1C(=O)O. The van der Waals surface area contributed by atoms with Crippen LogP contribution in [0.5, 0.6) is 0 Å². The average molecular weight is 320 g/mol. The number of esters is 1. The molecule has 0 aliphatic rings. The van der Waals surface area contributed by atoms with Crippen molar-refractivity contribution in [3.8, 4) is 0 Å². The minimum absolute atomic E-state index is 0.0949. The van der Waals surface area contributed by atoms with Crippen LogP contribution in [0.25, 0.3) is 0 Å². The molecule has 0 heterocycles. The number of unbranched alkanes of at least 4 members (excludes halogenated alkanes) is 2. The third-order valence-corrected chi connectivity index (χ3v) is 3.75. The van der Waals surface area contributed by atoms with Crippen LogP contribution in [-0.2, 0) is 11.2 Å². The lowest BCUT2D eigenvalue weighted by molar-refractivity contribution is 0.0494. The largest absolute Gasteiger partial charge is 0.478 e. The van der Waals surface area contributed by atoms with E-state index in [4.69, 9.17) is 4.74 Å². The molecule has 1 N–H and O–H groups in total. The van der Waals surface area contributed by atoms with E-state index in [-0.39, 0.29) is 11.1 Å². The Morgan fingerprint density at radius 1 is 1.17 bits per heavy atom. The van der Waals surface area contributed by atoms with Crippen molar-refractivity contribution in [1.82, 2.24) is 0 Å². The lowest BCUT2D eigenvalue weighted by Gasteiger charge is -2.11. The van der Waals surface area contributed by atoms with Gasteiger partial charge in [-0.15, -0.1) is 0 Å². The van der Waals surface area contributed by atoms with E-state index < -0.39 is 11.9 Å². The molecule has 0 spiro atoms. The summed E-state index contributed by atoms with van der Waals surface area (Å²) in [5.41, 5.74) is 0.969. The Labute approximate surface area is 138 Å². The second-order valence-electron chi connectivity index (χ2n) is 6.27. The molecular weight excluding hydrogens is 292 g/mol. The van der Waals surface area contributed by atoms with E-state index in [9.17, 15) is 14.7 Å². The highest BCUT2D eigenvalue weighted by molar-refractivity contribution is 6.03. The molecule has 0 amide bonds. The molecule has 4 nitrogen and oxygen atoms in total. The Hall–Kier alpha value is -1.84. The second-order valence-corrected chi connectivity index (χ2v) is 6.27. The molecule has 0 fully saturated rings. The van der Waals surface area contributed by atoms with Crippen molar-refractivity contribution in [2.45, 2.75) is 59.3 Å². The van der Waals surface area contributed by atoms with E-state index in [0.29, 0.717) is 30.9 Å². The molecule has 0 unspecified atom stereocenters. The summed E-state index contributed by atoms with van der Waals surface area (Å²) in [6.45, 7) is 6.61. The molecule has 128 valence electrons. The van der Waals surface area contributed by atoms with Gasteiger partial charge in [-0.3, -0.25) is 0 Å². The molecule has 1 aromatic carbocycles. The van der Waals surface area contributed by atoms with Crippen LogP contribution in [0.3, 0.4) is 0 Å². The van der Waals surface area contributed by atoms with Crippen LogP contribution in [0, 0.1) is 5.92 Å². The van der Waals surface area contributed by atoms with E-state index in [0.717, 1.165) is 19.3 Å². The van der Waals surface area contributed by atoms with Gasteiger partial charge in [0.05, 0.1) is 17.7 Å². The molecule has 0 radical (unpaired) electrons. The fraction of sp³-hybridized carbons (Fsp3) is 0.579. The molecule has 0 aliphatic carbocycles. The number of carbonyl (C=O) groups excluding carboxylic acids is 1. The predicted octanol–water partition coefficient (Wildman–Crippen LogP) is 4.71. The predicted molar refractivity (Wildman–Crippen MR) is 91.0 cm³/mol. The van der Waals surface area contributed by atoms with Gasteiger partial charge in [-0.1, -0.05) is 52.2 Å². The zero-order valence-electron chi connectivity index (χ0n) is 14.4. The van der Waals surface area contributed by atoms with Gasteiger partial charge in [-0.05, 0) is 36.8 Å². The van der Waals surface area contributed by atoms with E-state index in [1.807, 2.05) is 6.92 Å². The van der Waals surface area contributed by atoms with Crippen LogP contribution in [0.4, 0.5) is 0 Å². The maximum absolute atomic E-state index is 12.0. The monoisotopic (exact) mass is 320 g/mol. The third-order valence-electron chi connectivity index (χ3n) is 3.75. The van der Waals surface area contributed by atoms with Gasteiger partial charge in [0.2, 0.25) is 0 Å². The molecule has 0 saturated carbocycles. The first-order valence-corrected chi connectivity index (χ1v) is 8.49. The summed E-state index contributed by atoms with van der Waals surface area (Å²) >= 11 is 0. The zero-order chi connectivity index (χ0) is 17.2. The lowest BCUT2D eigenvalue weighted by Crippen LogP contribution is -2.14. The number of carboxylic acids is 1. The molecule has 1 rings (SSSR count). The molecule has 1 aromatic rings. The molecule has 4 heteroatoms. The van der Waals surface area contributed by atoms with Gasteiger partial charge in [0.1, 0.15) is 0 Å². The maximum Gasteiger partial charge on any atom is 0.339 e. The number of rotatable bonds is 10. The molecule has 0 aliphatic heterocycles. The summed E-state index contributed by atoms with van der Waals surface area (Å²) < 4.78 is 5.09. The van der Waals surface area contributed by atoms with Crippen molar-refractivity contribution >= 4 is 11.9 Å². The first-order chi connectivity index (χ1) is 11.0. The average Bonchev–Trinajstić information content (AvgIpc) is 2.51. The first kappa shape index (κ1) is 19.2. The molecular formula is C19H28O4. The third kappa shape index (κ3) is 6.43. The van der Waals surface area contributed by atoms with Gasteiger partial charge in [-0.2, -0.15) is 0 Å². The van der Waals surface area contributed by atoms with Crippen LogP contribution in [0.15, 0.2) is 18.2 Å². The Morgan fingerprint density at radius 3 is 2.52 bits per heavy atom. The molecule has 23 heavy (non-hydrogen) atoms. The van der Waals surface area contributed by atoms with Crippen LogP contribution in [-0.4, -0.2) is 23.7 Å². The van der Waals surface area contributed by atoms with Crippen LogP contribution >= 0.6 is 0 Å². The fourth-order valence-corrected chi connectivity index (χ4v) is 2.55. The van der Waals surface area contributed by atoms with Crippen molar-refractivity contribution in [2.75, 3.05) is 6.61 Å². The Morgan fingerprint density at radius 2 is 1.91 bits per heavy atom. The number of aromatic carboxylic acids is 1.